The molecule has 6 heteroatoms. The van der Waals surface area contributed by atoms with Crippen molar-refractivity contribution in [2.24, 2.45) is 0 Å². The second-order valence-corrected chi connectivity index (χ2v) is 4.49. The molecule has 0 aliphatic rings. The molecular weight excluding hydrogens is 264 g/mol. The van der Waals surface area contributed by atoms with Gasteiger partial charge in [-0.15, -0.1) is 0 Å². The third-order valence-electron chi connectivity index (χ3n) is 2.49. The summed E-state index contributed by atoms with van der Waals surface area (Å²) in [5.41, 5.74) is -0.435. The lowest BCUT2D eigenvalue weighted by molar-refractivity contribution is -0.127. The van der Waals surface area contributed by atoms with Gasteiger partial charge in [0.25, 0.3) is 0 Å². The monoisotopic (exact) mass is 280 g/mol. The van der Waals surface area contributed by atoms with Crippen LogP contribution >= 0.6 is 0 Å². The smallest absolute Gasteiger partial charge is 0.393 e. The van der Waals surface area contributed by atoms with E-state index >= 15 is 0 Å². The first-order valence-electron chi connectivity index (χ1n) is 5.92. The lowest BCUT2D eigenvalue weighted by atomic mass is 10.0. The normalized spacial score (nSPS) is 12.0. The van der Waals surface area contributed by atoms with Crippen molar-refractivity contribution in [2.45, 2.75) is 45.9 Å². The molecule has 0 aromatic heterocycles. The number of hydrogen-bond donors (Lipinski definition) is 1. The van der Waals surface area contributed by atoms with E-state index in [9.17, 15) is 22.7 Å². The highest BCUT2D eigenvalue weighted by Gasteiger charge is 2.31. The van der Waals surface area contributed by atoms with Crippen molar-refractivity contribution < 1.29 is 27.4 Å². The number of benzene rings is 1. The van der Waals surface area contributed by atoms with Gasteiger partial charge in [0, 0.05) is 11.1 Å². The first kappa shape index (κ1) is 15.6. The number of rotatable bonds is 4. The van der Waals surface area contributed by atoms with Crippen molar-refractivity contribution in [1.82, 2.24) is 0 Å². The number of phenolic OH excluding ortho intramolecular Hbond substituents is 1. The van der Waals surface area contributed by atoms with Crippen LogP contribution in [0, 0.1) is 5.82 Å². The Labute approximate surface area is 109 Å². The van der Waals surface area contributed by atoms with Gasteiger partial charge in [-0.3, -0.25) is 0 Å². The van der Waals surface area contributed by atoms with E-state index in [1.807, 2.05) is 0 Å². The molecule has 0 radical (unpaired) electrons. The molecule has 0 saturated heterocycles. The minimum atomic E-state index is -4.52. The Hall–Kier alpha value is -1.46. The van der Waals surface area contributed by atoms with Crippen LogP contribution in [-0.2, 0) is 12.8 Å². The van der Waals surface area contributed by atoms with Crippen molar-refractivity contribution in [1.29, 1.82) is 0 Å². The zero-order valence-electron chi connectivity index (χ0n) is 10.9. The second kappa shape index (κ2) is 5.67. The van der Waals surface area contributed by atoms with E-state index in [0.717, 1.165) is 6.07 Å². The molecule has 1 aromatic carbocycles. The summed E-state index contributed by atoms with van der Waals surface area (Å²) >= 11 is 0. The summed E-state index contributed by atoms with van der Waals surface area (Å²) < 4.78 is 56.2. The summed E-state index contributed by atoms with van der Waals surface area (Å²) in [4.78, 5) is 0. The van der Waals surface area contributed by atoms with Gasteiger partial charge in [0.2, 0.25) is 0 Å². The molecule has 1 rings (SSSR count). The zero-order valence-corrected chi connectivity index (χ0v) is 10.9. The van der Waals surface area contributed by atoms with Crippen LogP contribution in [0.4, 0.5) is 17.6 Å². The molecule has 0 amide bonds. The van der Waals surface area contributed by atoms with E-state index in [1.54, 1.807) is 20.8 Å². The van der Waals surface area contributed by atoms with Crippen LogP contribution in [0.5, 0.6) is 11.5 Å². The lowest BCUT2D eigenvalue weighted by Crippen LogP contribution is -2.14. The molecule has 1 N–H and O–H groups in total. The van der Waals surface area contributed by atoms with Crippen LogP contribution in [0.25, 0.3) is 0 Å². The lowest BCUT2D eigenvalue weighted by Gasteiger charge is -2.18. The Balaban J connectivity index is 3.30. The fourth-order valence-corrected chi connectivity index (χ4v) is 1.74. The van der Waals surface area contributed by atoms with Crippen LogP contribution in [0.3, 0.4) is 0 Å². The predicted molar refractivity (Wildman–Crippen MR) is 63.0 cm³/mol. The highest BCUT2D eigenvalue weighted by Crippen LogP contribution is 2.36. The van der Waals surface area contributed by atoms with Crippen molar-refractivity contribution in [2.75, 3.05) is 0 Å². The molecule has 0 fully saturated rings. The summed E-state index contributed by atoms with van der Waals surface area (Å²) in [6.45, 7) is 5.01. The number of hydrogen-bond acceptors (Lipinski definition) is 2. The number of aromatic hydroxyl groups is 1. The highest BCUT2D eigenvalue weighted by atomic mass is 19.4. The molecule has 19 heavy (non-hydrogen) atoms. The molecule has 0 bridgehead atoms. The Morgan fingerprint density at radius 2 is 1.89 bits per heavy atom. The Kier molecular flexibility index (Phi) is 4.66. The summed E-state index contributed by atoms with van der Waals surface area (Å²) in [6, 6.07) is 1.06. The van der Waals surface area contributed by atoms with Gasteiger partial charge in [-0.2, -0.15) is 13.2 Å². The average molecular weight is 280 g/mol. The SMILES string of the molecule is CCc1c(OC(C)C)cc(CC(F)(F)F)c(O)c1F. The van der Waals surface area contributed by atoms with Gasteiger partial charge >= 0.3 is 6.18 Å². The van der Waals surface area contributed by atoms with Gasteiger partial charge in [-0.1, -0.05) is 6.92 Å². The van der Waals surface area contributed by atoms with Crippen LogP contribution in [0.2, 0.25) is 0 Å². The molecule has 0 saturated carbocycles. The zero-order chi connectivity index (χ0) is 14.8. The van der Waals surface area contributed by atoms with Gasteiger partial charge in [-0.25, -0.2) is 4.39 Å². The van der Waals surface area contributed by atoms with E-state index in [2.05, 4.69) is 0 Å². The molecule has 0 atom stereocenters. The number of halogens is 4. The van der Waals surface area contributed by atoms with E-state index in [-0.39, 0.29) is 23.8 Å². The first-order chi connectivity index (χ1) is 8.65. The van der Waals surface area contributed by atoms with Gasteiger partial charge < -0.3 is 9.84 Å². The van der Waals surface area contributed by atoms with Crippen LogP contribution < -0.4 is 4.74 Å². The minimum Gasteiger partial charge on any atom is -0.505 e. The summed E-state index contributed by atoms with van der Waals surface area (Å²) in [5, 5.41) is 9.50. The maximum atomic E-state index is 13.9. The summed E-state index contributed by atoms with van der Waals surface area (Å²) in [6.07, 6.45) is -6.00. The Bertz CT molecular complexity index is 453. The summed E-state index contributed by atoms with van der Waals surface area (Å²) in [5.74, 6) is -1.95. The molecule has 0 unspecified atom stereocenters. The maximum Gasteiger partial charge on any atom is 0.393 e. The molecule has 108 valence electrons. The summed E-state index contributed by atoms with van der Waals surface area (Å²) in [7, 11) is 0. The van der Waals surface area contributed by atoms with Crippen LogP contribution in [0.15, 0.2) is 6.07 Å². The molecular formula is C13H16F4O2. The fraction of sp³-hybridized carbons (Fsp3) is 0.538. The van der Waals surface area contributed by atoms with E-state index in [0.29, 0.717) is 0 Å². The topological polar surface area (TPSA) is 29.5 Å². The maximum absolute atomic E-state index is 13.9. The average Bonchev–Trinajstić information content (AvgIpc) is 2.23. The third-order valence-corrected chi connectivity index (χ3v) is 2.49. The van der Waals surface area contributed by atoms with E-state index < -0.39 is 29.7 Å². The number of alkyl halides is 3. The third kappa shape index (κ3) is 4.01. The molecule has 0 heterocycles. The van der Waals surface area contributed by atoms with Gasteiger partial charge in [0.05, 0.1) is 12.5 Å². The second-order valence-electron chi connectivity index (χ2n) is 4.49. The van der Waals surface area contributed by atoms with Crippen molar-refractivity contribution >= 4 is 0 Å². The van der Waals surface area contributed by atoms with Gasteiger partial charge in [-0.05, 0) is 26.3 Å². The molecule has 2 nitrogen and oxygen atoms in total. The molecule has 1 aromatic rings. The van der Waals surface area contributed by atoms with Gasteiger partial charge in [0.15, 0.2) is 11.6 Å². The largest absolute Gasteiger partial charge is 0.505 e. The molecule has 0 spiro atoms. The van der Waals surface area contributed by atoms with Crippen molar-refractivity contribution in [3.8, 4) is 11.5 Å². The number of phenols is 1. The van der Waals surface area contributed by atoms with E-state index in [4.69, 9.17) is 4.74 Å². The van der Waals surface area contributed by atoms with Crippen molar-refractivity contribution in [3.63, 3.8) is 0 Å². The van der Waals surface area contributed by atoms with Crippen LogP contribution in [-0.4, -0.2) is 17.4 Å². The minimum absolute atomic E-state index is 0.0482. The van der Waals surface area contributed by atoms with Crippen LogP contribution in [0.1, 0.15) is 31.9 Å². The van der Waals surface area contributed by atoms with Crippen molar-refractivity contribution in [3.05, 3.63) is 23.0 Å². The predicted octanol–water partition coefficient (Wildman–Crippen LogP) is 3.99. The first-order valence-corrected chi connectivity index (χ1v) is 5.92. The Morgan fingerprint density at radius 1 is 1.32 bits per heavy atom. The highest BCUT2D eigenvalue weighted by molar-refractivity contribution is 5.47. The quantitative estimate of drug-likeness (QED) is 0.845. The molecule has 0 aliphatic carbocycles. The standard InChI is InChI=1S/C13H16F4O2/c1-4-9-10(19-7(2)3)5-8(6-13(15,16)17)12(18)11(9)14/h5,7,18H,4,6H2,1-3H3. The van der Waals surface area contributed by atoms with Gasteiger partial charge in [0.1, 0.15) is 5.75 Å². The molecule has 0 aliphatic heterocycles. The van der Waals surface area contributed by atoms with E-state index in [1.165, 1.54) is 0 Å². The number of ether oxygens (including phenoxy) is 1. The fourth-order valence-electron chi connectivity index (χ4n) is 1.74. The Morgan fingerprint density at radius 3 is 2.32 bits per heavy atom.